The zero-order chi connectivity index (χ0) is 15.1. The van der Waals surface area contributed by atoms with E-state index in [0.717, 1.165) is 22.5 Å². The van der Waals surface area contributed by atoms with Gasteiger partial charge in [0, 0.05) is 29.6 Å². The third-order valence-corrected chi connectivity index (χ3v) is 3.93. The van der Waals surface area contributed by atoms with Gasteiger partial charge >= 0.3 is 0 Å². The fourth-order valence-corrected chi connectivity index (χ4v) is 2.78. The molecular weight excluding hydrogens is 272 g/mol. The molecular formula is C18H16N4. The summed E-state index contributed by atoms with van der Waals surface area (Å²) in [5, 5.41) is 7.12. The average Bonchev–Trinajstić information content (AvgIpc) is 3.00. The van der Waals surface area contributed by atoms with E-state index in [2.05, 4.69) is 35.3 Å². The number of nitrogens with two attached hydrogens (primary N) is 1. The Labute approximate surface area is 128 Å². The van der Waals surface area contributed by atoms with Gasteiger partial charge < -0.3 is 5.73 Å². The Morgan fingerprint density at radius 1 is 1.05 bits per heavy atom. The van der Waals surface area contributed by atoms with Crippen molar-refractivity contribution >= 4 is 16.4 Å². The molecule has 4 nitrogen and oxygen atoms in total. The highest BCUT2D eigenvalue weighted by Gasteiger charge is 2.13. The number of nitrogens with zero attached hydrogens (tertiary/aromatic N) is 3. The summed E-state index contributed by atoms with van der Waals surface area (Å²) in [4.78, 5) is 4.29. The molecule has 0 aliphatic heterocycles. The first-order valence-corrected chi connectivity index (χ1v) is 7.31. The second-order valence-corrected chi connectivity index (χ2v) is 5.53. The molecule has 0 unspecified atom stereocenters. The van der Waals surface area contributed by atoms with Crippen LogP contribution in [0.25, 0.3) is 27.7 Å². The van der Waals surface area contributed by atoms with Gasteiger partial charge in [-0.3, -0.25) is 0 Å². The molecule has 0 saturated heterocycles. The van der Waals surface area contributed by atoms with Gasteiger partial charge in [-0.05, 0) is 29.8 Å². The molecule has 2 aromatic heterocycles. The van der Waals surface area contributed by atoms with Crippen LogP contribution < -0.4 is 5.73 Å². The molecule has 2 heterocycles. The maximum Gasteiger partial charge on any atom is 0.153 e. The van der Waals surface area contributed by atoms with Crippen molar-refractivity contribution in [3.05, 3.63) is 66.5 Å². The lowest BCUT2D eigenvalue weighted by Crippen LogP contribution is -2.10. The fraction of sp³-hybridized carbons (Fsp3) is 0.111. The van der Waals surface area contributed by atoms with Gasteiger partial charge in [0.15, 0.2) is 5.65 Å². The number of aromatic nitrogens is 3. The molecule has 4 heteroatoms. The number of rotatable bonds is 2. The van der Waals surface area contributed by atoms with Crippen molar-refractivity contribution in [1.82, 2.24) is 14.6 Å². The molecule has 0 spiro atoms. The van der Waals surface area contributed by atoms with Crippen molar-refractivity contribution < 1.29 is 0 Å². The van der Waals surface area contributed by atoms with Crippen molar-refractivity contribution in [1.29, 1.82) is 0 Å². The molecule has 0 amide bonds. The molecule has 4 aromatic rings. The molecule has 2 aromatic carbocycles. The minimum absolute atomic E-state index is 0.101. The summed E-state index contributed by atoms with van der Waals surface area (Å²) in [6.45, 7) is 1.97. The van der Waals surface area contributed by atoms with Gasteiger partial charge in [0.25, 0.3) is 0 Å². The van der Waals surface area contributed by atoms with E-state index in [4.69, 9.17) is 10.8 Å². The Bertz CT molecular complexity index is 969. The van der Waals surface area contributed by atoms with Crippen LogP contribution in [0.4, 0.5) is 0 Å². The third-order valence-electron chi connectivity index (χ3n) is 3.93. The molecule has 0 radical (unpaired) electrons. The van der Waals surface area contributed by atoms with Gasteiger partial charge in [-0.2, -0.15) is 5.10 Å². The maximum absolute atomic E-state index is 6.15. The summed E-state index contributed by atoms with van der Waals surface area (Å²) >= 11 is 0. The molecule has 0 fully saturated rings. The van der Waals surface area contributed by atoms with E-state index in [9.17, 15) is 0 Å². The van der Waals surface area contributed by atoms with E-state index in [0.29, 0.717) is 0 Å². The molecule has 0 saturated carbocycles. The zero-order valence-corrected chi connectivity index (χ0v) is 12.3. The van der Waals surface area contributed by atoms with Crippen LogP contribution in [-0.2, 0) is 0 Å². The Hall–Kier alpha value is -2.72. The van der Waals surface area contributed by atoms with Gasteiger partial charge in [0.1, 0.15) is 0 Å². The van der Waals surface area contributed by atoms with Crippen molar-refractivity contribution in [3.63, 3.8) is 0 Å². The molecule has 4 rings (SSSR count). The van der Waals surface area contributed by atoms with Gasteiger partial charge in [0.05, 0.1) is 5.69 Å². The number of benzene rings is 2. The summed E-state index contributed by atoms with van der Waals surface area (Å²) in [5.41, 5.74) is 9.95. The van der Waals surface area contributed by atoms with Gasteiger partial charge in [-0.1, -0.05) is 36.4 Å². The number of hydrogen-bond donors (Lipinski definition) is 1. The minimum atomic E-state index is -0.101. The SMILES string of the molecule is C[C@H](N)c1cc2nccn2nc1-c1ccc2ccccc2c1. The minimum Gasteiger partial charge on any atom is -0.324 e. The zero-order valence-electron chi connectivity index (χ0n) is 12.3. The molecule has 0 bridgehead atoms. The first kappa shape index (κ1) is 13.0. The quantitative estimate of drug-likeness (QED) is 0.613. The second kappa shape index (κ2) is 4.93. The van der Waals surface area contributed by atoms with E-state index < -0.39 is 0 Å². The Balaban J connectivity index is 1.99. The highest BCUT2D eigenvalue weighted by Crippen LogP contribution is 2.28. The van der Waals surface area contributed by atoms with Crippen molar-refractivity contribution in [3.8, 4) is 11.3 Å². The molecule has 108 valence electrons. The van der Waals surface area contributed by atoms with Crippen LogP contribution in [0.5, 0.6) is 0 Å². The number of imidazole rings is 1. The van der Waals surface area contributed by atoms with Crippen LogP contribution in [0.3, 0.4) is 0 Å². The standard InChI is InChI=1S/C18H16N4/c1-12(19)16-11-17-20-8-9-22(17)21-18(16)15-7-6-13-4-2-3-5-14(13)10-15/h2-12H,19H2,1H3/t12-/m0/s1. The van der Waals surface area contributed by atoms with Gasteiger partial charge in [-0.15, -0.1) is 0 Å². The molecule has 22 heavy (non-hydrogen) atoms. The lowest BCUT2D eigenvalue weighted by molar-refractivity contribution is 0.798. The lowest BCUT2D eigenvalue weighted by Gasteiger charge is -2.13. The van der Waals surface area contributed by atoms with Gasteiger partial charge in [-0.25, -0.2) is 9.50 Å². The number of fused-ring (bicyclic) bond motifs is 2. The van der Waals surface area contributed by atoms with Crippen LogP contribution in [0.1, 0.15) is 18.5 Å². The van der Waals surface area contributed by atoms with E-state index >= 15 is 0 Å². The highest BCUT2D eigenvalue weighted by molar-refractivity contribution is 5.87. The van der Waals surface area contributed by atoms with Crippen LogP contribution in [0.2, 0.25) is 0 Å². The van der Waals surface area contributed by atoms with Crippen molar-refractivity contribution in [2.24, 2.45) is 5.73 Å². The van der Waals surface area contributed by atoms with Gasteiger partial charge in [0.2, 0.25) is 0 Å². The largest absolute Gasteiger partial charge is 0.324 e. The molecule has 0 aliphatic carbocycles. The predicted octanol–water partition coefficient (Wildman–Crippen LogP) is 3.57. The van der Waals surface area contributed by atoms with Crippen LogP contribution in [-0.4, -0.2) is 14.6 Å². The van der Waals surface area contributed by atoms with E-state index in [1.54, 1.807) is 10.7 Å². The summed E-state index contributed by atoms with van der Waals surface area (Å²) in [7, 11) is 0. The van der Waals surface area contributed by atoms with Crippen molar-refractivity contribution in [2.75, 3.05) is 0 Å². The summed E-state index contributed by atoms with van der Waals surface area (Å²) in [6, 6.07) is 16.6. The first-order chi connectivity index (χ1) is 10.7. The van der Waals surface area contributed by atoms with Crippen LogP contribution in [0.15, 0.2) is 60.9 Å². The van der Waals surface area contributed by atoms with E-state index in [1.165, 1.54) is 10.8 Å². The average molecular weight is 288 g/mol. The fourth-order valence-electron chi connectivity index (χ4n) is 2.78. The first-order valence-electron chi connectivity index (χ1n) is 7.31. The van der Waals surface area contributed by atoms with E-state index in [-0.39, 0.29) is 6.04 Å². The molecule has 1 atom stereocenters. The predicted molar refractivity (Wildman–Crippen MR) is 88.5 cm³/mol. The maximum atomic E-state index is 6.15. The third kappa shape index (κ3) is 2.05. The monoisotopic (exact) mass is 288 g/mol. The van der Waals surface area contributed by atoms with Crippen molar-refractivity contribution in [2.45, 2.75) is 13.0 Å². The summed E-state index contributed by atoms with van der Waals surface area (Å²) in [6.07, 6.45) is 3.60. The van der Waals surface area contributed by atoms with Crippen LogP contribution in [0, 0.1) is 0 Å². The molecule has 2 N–H and O–H groups in total. The second-order valence-electron chi connectivity index (χ2n) is 5.53. The lowest BCUT2D eigenvalue weighted by atomic mass is 9.99. The highest BCUT2D eigenvalue weighted by atomic mass is 15.2. The summed E-state index contributed by atoms with van der Waals surface area (Å²) < 4.78 is 1.79. The number of hydrogen-bond acceptors (Lipinski definition) is 3. The Morgan fingerprint density at radius 2 is 1.86 bits per heavy atom. The normalized spacial score (nSPS) is 12.8. The summed E-state index contributed by atoms with van der Waals surface area (Å²) in [5.74, 6) is 0. The molecule has 0 aliphatic rings. The Kier molecular flexibility index (Phi) is 2.91. The Morgan fingerprint density at radius 3 is 2.68 bits per heavy atom. The topological polar surface area (TPSA) is 56.2 Å². The smallest absolute Gasteiger partial charge is 0.153 e. The van der Waals surface area contributed by atoms with E-state index in [1.807, 2.05) is 31.3 Å². The van der Waals surface area contributed by atoms with Crippen LogP contribution >= 0.6 is 0 Å².